The van der Waals surface area contributed by atoms with Gasteiger partial charge in [0.25, 0.3) is 11.8 Å². The van der Waals surface area contributed by atoms with Crippen molar-refractivity contribution >= 4 is 41.4 Å². The second-order valence-corrected chi connectivity index (χ2v) is 14.0. The van der Waals surface area contributed by atoms with E-state index in [-0.39, 0.29) is 30.4 Å². The van der Waals surface area contributed by atoms with Crippen molar-refractivity contribution < 1.29 is 42.8 Å². The highest BCUT2D eigenvalue weighted by Crippen LogP contribution is 2.25. The first-order chi connectivity index (χ1) is 22.7. The third-order valence-electron chi connectivity index (χ3n) is 7.67. The van der Waals surface area contributed by atoms with Gasteiger partial charge in [-0.05, 0) is 57.4 Å². The second kappa shape index (κ2) is 17.7. The third-order valence-corrected chi connectivity index (χ3v) is 7.67. The van der Waals surface area contributed by atoms with Gasteiger partial charge in [-0.25, -0.2) is 4.79 Å². The molecule has 1 aliphatic heterocycles. The summed E-state index contributed by atoms with van der Waals surface area (Å²) >= 11 is 0. The van der Waals surface area contributed by atoms with Gasteiger partial charge in [-0.2, -0.15) is 5.12 Å². The first-order valence-electron chi connectivity index (χ1n) is 16.4. The summed E-state index contributed by atoms with van der Waals surface area (Å²) in [6, 6.07) is 3.19. The number of rotatable bonds is 14. The second-order valence-electron chi connectivity index (χ2n) is 14.0. The van der Waals surface area contributed by atoms with Crippen molar-refractivity contribution in [3.8, 4) is 0 Å². The lowest BCUT2D eigenvalue weighted by Gasteiger charge is -2.33. The monoisotopic (exact) mass is 690 g/mol. The van der Waals surface area contributed by atoms with Gasteiger partial charge in [0.1, 0.15) is 29.8 Å². The Balaban J connectivity index is 2.17. The summed E-state index contributed by atoms with van der Waals surface area (Å²) in [5.74, 6) is -6.31. The number of hydrogen-bond acceptors (Lipinski definition) is 8. The minimum Gasteiger partial charge on any atom is -0.444 e. The zero-order valence-corrected chi connectivity index (χ0v) is 29.9. The number of Topliss-reactive ketones (excluding diaryl/α,β-unsaturated/α-hetero) is 1. The molecule has 272 valence electrons. The van der Waals surface area contributed by atoms with E-state index in [1.165, 1.54) is 23.9 Å². The molecule has 1 aliphatic rings. The van der Waals surface area contributed by atoms with E-state index < -0.39 is 83.6 Å². The highest BCUT2D eigenvalue weighted by atomic mass is 19.2. The van der Waals surface area contributed by atoms with Gasteiger partial charge in [0.2, 0.25) is 23.5 Å². The lowest BCUT2D eigenvalue weighted by molar-refractivity contribution is -0.166. The Hall–Kier alpha value is -4.56. The summed E-state index contributed by atoms with van der Waals surface area (Å²) in [6.45, 7) is 11.2. The molecule has 0 aromatic heterocycles. The fraction of sp³-hybridized carbons (Fsp3) is 0.618. The van der Waals surface area contributed by atoms with Crippen LogP contribution in [0.15, 0.2) is 30.3 Å². The van der Waals surface area contributed by atoms with Crippen LogP contribution in [0, 0.1) is 11.8 Å². The molecule has 15 heteroatoms. The predicted octanol–water partition coefficient (Wildman–Crippen LogP) is 2.29. The van der Waals surface area contributed by atoms with Crippen molar-refractivity contribution in [2.24, 2.45) is 11.8 Å². The zero-order chi connectivity index (χ0) is 37.2. The molecule has 49 heavy (non-hydrogen) atoms. The lowest BCUT2D eigenvalue weighted by atomic mass is 9.98. The molecule has 1 saturated heterocycles. The Bertz CT molecular complexity index is 1360. The van der Waals surface area contributed by atoms with Crippen LogP contribution in [-0.4, -0.2) is 107 Å². The number of likely N-dealkylation sites (N-methyl/N-ethyl adjacent to an activating group) is 1. The topological polar surface area (TPSA) is 175 Å². The minimum atomic E-state index is -1.83. The third kappa shape index (κ3) is 11.8. The standard InChI is InChI=1S/C34H51FN6O8/c1-20(2)18-24(28(43)29(44)36-19-25(42)37-27(31(46)39(8)9)22-14-11-10-12-15-22)41(35)30(45)23-16-13-17-40(23)32(47)26(21(3)4)38-33(48)49-34(5,6)7/h10-12,14-15,20-21,23-24,26-27H,13,16-19H2,1-9H3,(H,36,44)(H,37,42)(H,38,48). The van der Waals surface area contributed by atoms with Gasteiger partial charge in [-0.15, -0.1) is 0 Å². The maximum absolute atomic E-state index is 15.9. The van der Waals surface area contributed by atoms with Gasteiger partial charge in [0.15, 0.2) is 0 Å². The maximum atomic E-state index is 15.9. The summed E-state index contributed by atoms with van der Waals surface area (Å²) in [4.78, 5) is 93.7. The van der Waals surface area contributed by atoms with Crippen LogP contribution in [0.4, 0.5) is 9.28 Å². The van der Waals surface area contributed by atoms with Crippen molar-refractivity contribution in [2.75, 3.05) is 27.2 Å². The van der Waals surface area contributed by atoms with E-state index in [1.807, 2.05) is 0 Å². The van der Waals surface area contributed by atoms with Crippen LogP contribution in [0.3, 0.4) is 0 Å². The SMILES string of the molecule is CC(C)CC(C(=O)C(=O)NCC(=O)NC(C(=O)N(C)C)c1ccccc1)N(F)C(=O)C1CCCN1C(=O)C(NC(=O)OC(C)(C)C)C(C)C. The molecule has 0 radical (unpaired) electrons. The Morgan fingerprint density at radius 1 is 0.980 bits per heavy atom. The number of nitrogens with one attached hydrogen (secondary N) is 3. The summed E-state index contributed by atoms with van der Waals surface area (Å²) in [5.41, 5.74) is -0.320. The molecule has 0 saturated carbocycles. The van der Waals surface area contributed by atoms with Gasteiger partial charge >= 0.3 is 6.09 Å². The number of nitrogens with zero attached hydrogens (tertiary/aromatic N) is 3. The molecule has 1 heterocycles. The predicted molar refractivity (Wildman–Crippen MR) is 178 cm³/mol. The molecule has 1 aromatic carbocycles. The zero-order valence-electron chi connectivity index (χ0n) is 29.9. The van der Waals surface area contributed by atoms with Crippen molar-refractivity contribution in [2.45, 2.75) is 97.5 Å². The van der Waals surface area contributed by atoms with Gasteiger partial charge in [-0.1, -0.05) is 62.5 Å². The highest BCUT2D eigenvalue weighted by Gasteiger charge is 2.44. The average Bonchev–Trinajstić information content (AvgIpc) is 3.51. The van der Waals surface area contributed by atoms with Crippen LogP contribution >= 0.6 is 0 Å². The van der Waals surface area contributed by atoms with Gasteiger partial charge in [-0.3, -0.25) is 28.8 Å². The summed E-state index contributed by atoms with van der Waals surface area (Å²) in [5, 5.41) is 6.95. The normalized spacial score (nSPS) is 16.3. The Morgan fingerprint density at radius 3 is 2.12 bits per heavy atom. The Labute approximate surface area is 287 Å². The van der Waals surface area contributed by atoms with Crippen molar-refractivity contribution in [3.63, 3.8) is 0 Å². The molecule has 1 fully saturated rings. The Morgan fingerprint density at radius 2 is 1.59 bits per heavy atom. The number of likely N-dealkylation sites (tertiary alicyclic amines) is 1. The fourth-order valence-electron chi connectivity index (χ4n) is 5.26. The smallest absolute Gasteiger partial charge is 0.408 e. The van der Waals surface area contributed by atoms with E-state index in [1.54, 1.807) is 78.8 Å². The number of benzene rings is 1. The molecule has 0 bridgehead atoms. The average molecular weight is 691 g/mol. The van der Waals surface area contributed by atoms with Crippen LogP contribution in [0.2, 0.25) is 0 Å². The molecule has 14 nitrogen and oxygen atoms in total. The molecule has 1 aromatic rings. The Kier molecular flexibility index (Phi) is 14.7. The first kappa shape index (κ1) is 40.6. The number of ether oxygens (including phenoxy) is 1. The van der Waals surface area contributed by atoms with E-state index in [4.69, 9.17) is 4.74 Å². The number of halogens is 1. The lowest BCUT2D eigenvalue weighted by Crippen LogP contribution is -2.57. The molecule has 2 rings (SSSR count). The quantitative estimate of drug-likeness (QED) is 0.197. The first-order valence-corrected chi connectivity index (χ1v) is 16.4. The highest BCUT2D eigenvalue weighted by molar-refractivity contribution is 6.38. The number of carbonyl (C=O) groups is 7. The fourth-order valence-corrected chi connectivity index (χ4v) is 5.26. The van der Waals surface area contributed by atoms with E-state index in [0.717, 1.165) is 0 Å². The molecule has 4 unspecified atom stereocenters. The van der Waals surface area contributed by atoms with Gasteiger partial charge in [0, 0.05) is 20.6 Å². The van der Waals surface area contributed by atoms with Crippen molar-refractivity contribution in [1.29, 1.82) is 0 Å². The summed E-state index contributed by atoms with van der Waals surface area (Å²) in [6.07, 6.45) is -0.572. The summed E-state index contributed by atoms with van der Waals surface area (Å²) in [7, 11) is 3.04. The molecular formula is C34H51FN6O8. The number of hydrogen-bond donors (Lipinski definition) is 3. The van der Waals surface area contributed by atoms with Crippen LogP contribution in [-0.2, 0) is 33.5 Å². The minimum absolute atomic E-state index is 0.103. The van der Waals surface area contributed by atoms with E-state index in [9.17, 15) is 33.6 Å². The van der Waals surface area contributed by atoms with Crippen LogP contribution in [0.25, 0.3) is 0 Å². The van der Waals surface area contributed by atoms with E-state index in [0.29, 0.717) is 12.0 Å². The molecule has 0 aliphatic carbocycles. The maximum Gasteiger partial charge on any atom is 0.408 e. The van der Waals surface area contributed by atoms with Crippen molar-refractivity contribution in [1.82, 2.24) is 30.9 Å². The summed E-state index contributed by atoms with van der Waals surface area (Å²) < 4.78 is 21.2. The van der Waals surface area contributed by atoms with E-state index >= 15 is 4.48 Å². The number of ketones is 1. The van der Waals surface area contributed by atoms with Gasteiger partial charge < -0.3 is 30.5 Å². The number of alkyl carbamates (subject to hydrolysis) is 1. The molecule has 3 N–H and O–H groups in total. The largest absolute Gasteiger partial charge is 0.444 e. The van der Waals surface area contributed by atoms with Crippen LogP contribution in [0.1, 0.15) is 79.3 Å². The molecular weight excluding hydrogens is 639 g/mol. The van der Waals surface area contributed by atoms with Gasteiger partial charge in [0.05, 0.1) is 6.54 Å². The van der Waals surface area contributed by atoms with Crippen LogP contribution in [0.5, 0.6) is 0 Å². The number of amides is 6. The number of carbonyl (C=O) groups excluding carboxylic acids is 7. The molecule has 4 atom stereocenters. The molecule has 6 amide bonds. The van der Waals surface area contributed by atoms with Crippen molar-refractivity contribution in [3.05, 3.63) is 35.9 Å². The molecule has 0 spiro atoms. The van der Waals surface area contributed by atoms with Crippen LogP contribution < -0.4 is 16.0 Å². The van der Waals surface area contributed by atoms with E-state index in [2.05, 4.69) is 16.0 Å².